The Hall–Kier alpha value is -2.11. The van der Waals surface area contributed by atoms with E-state index in [1.54, 1.807) is 6.07 Å². The monoisotopic (exact) mass is 207 g/mol. The standard InChI is InChI=1S/C9H9N3O3/c1-2-11-9(13)7-5-6(12(14)15)3-4-8(7)10-11/h3-5,10H,2H2,1H3. The highest BCUT2D eigenvalue weighted by atomic mass is 16.6. The van der Waals surface area contributed by atoms with Crippen LogP contribution in [0.1, 0.15) is 6.92 Å². The minimum Gasteiger partial charge on any atom is -0.295 e. The number of H-pyrrole nitrogens is 1. The summed E-state index contributed by atoms with van der Waals surface area (Å²) in [6.07, 6.45) is 0. The van der Waals surface area contributed by atoms with Gasteiger partial charge in [-0.05, 0) is 13.0 Å². The smallest absolute Gasteiger partial charge is 0.274 e. The summed E-state index contributed by atoms with van der Waals surface area (Å²) in [6, 6.07) is 4.21. The number of nitrogens with one attached hydrogen (secondary N) is 1. The molecule has 0 bridgehead atoms. The SMILES string of the molecule is CCn1[nH]c2ccc([N+](=O)[O-])cc2c1=O. The molecule has 0 fully saturated rings. The molecule has 78 valence electrons. The predicted octanol–water partition coefficient (Wildman–Crippen LogP) is 1.26. The van der Waals surface area contributed by atoms with Crippen molar-refractivity contribution >= 4 is 16.6 Å². The molecule has 0 spiro atoms. The minimum atomic E-state index is -0.512. The van der Waals surface area contributed by atoms with E-state index >= 15 is 0 Å². The first-order valence-corrected chi connectivity index (χ1v) is 4.50. The second-order valence-electron chi connectivity index (χ2n) is 3.15. The number of hydrogen-bond acceptors (Lipinski definition) is 3. The topological polar surface area (TPSA) is 80.9 Å². The molecule has 0 saturated heterocycles. The van der Waals surface area contributed by atoms with Crippen LogP contribution < -0.4 is 5.56 Å². The van der Waals surface area contributed by atoms with Gasteiger partial charge in [0, 0.05) is 18.7 Å². The number of rotatable bonds is 2. The average Bonchev–Trinajstić information content (AvgIpc) is 2.55. The first kappa shape index (κ1) is 9.45. The fraction of sp³-hybridized carbons (Fsp3) is 0.222. The fourth-order valence-corrected chi connectivity index (χ4v) is 1.48. The lowest BCUT2D eigenvalue weighted by Crippen LogP contribution is -2.14. The third kappa shape index (κ3) is 1.39. The molecule has 0 amide bonds. The maximum atomic E-state index is 11.6. The molecular weight excluding hydrogens is 198 g/mol. The van der Waals surface area contributed by atoms with Crippen LogP contribution in [0.2, 0.25) is 0 Å². The summed E-state index contributed by atoms with van der Waals surface area (Å²) in [7, 11) is 0. The number of nitrogens with zero attached hydrogens (tertiary/aromatic N) is 2. The minimum absolute atomic E-state index is 0.0677. The number of non-ortho nitro benzene ring substituents is 1. The molecule has 0 unspecified atom stereocenters. The maximum absolute atomic E-state index is 11.6. The normalized spacial score (nSPS) is 10.7. The first-order valence-electron chi connectivity index (χ1n) is 4.50. The number of benzene rings is 1. The molecule has 1 aromatic heterocycles. The van der Waals surface area contributed by atoms with Gasteiger partial charge in [-0.2, -0.15) is 0 Å². The fourth-order valence-electron chi connectivity index (χ4n) is 1.48. The van der Waals surface area contributed by atoms with Crippen LogP contribution in [-0.4, -0.2) is 14.7 Å². The molecule has 0 atom stereocenters. The highest BCUT2D eigenvalue weighted by Gasteiger charge is 2.11. The highest BCUT2D eigenvalue weighted by molar-refractivity contribution is 5.80. The zero-order valence-electron chi connectivity index (χ0n) is 8.06. The Bertz CT molecular complexity index is 582. The molecular formula is C9H9N3O3. The number of aromatic amines is 1. The van der Waals surface area contributed by atoms with Gasteiger partial charge >= 0.3 is 0 Å². The lowest BCUT2D eigenvalue weighted by molar-refractivity contribution is -0.384. The van der Waals surface area contributed by atoms with Crippen LogP contribution in [0.25, 0.3) is 10.9 Å². The van der Waals surface area contributed by atoms with Gasteiger partial charge in [-0.15, -0.1) is 0 Å². The van der Waals surface area contributed by atoms with Gasteiger partial charge in [0.25, 0.3) is 11.2 Å². The molecule has 6 nitrogen and oxygen atoms in total. The molecule has 0 radical (unpaired) electrons. The number of nitro benzene ring substituents is 1. The van der Waals surface area contributed by atoms with E-state index in [-0.39, 0.29) is 11.2 Å². The quantitative estimate of drug-likeness (QED) is 0.594. The predicted molar refractivity (Wildman–Crippen MR) is 54.9 cm³/mol. The van der Waals surface area contributed by atoms with Crippen LogP contribution >= 0.6 is 0 Å². The first-order chi connectivity index (χ1) is 7.13. The van der Waals surface area contributed by atoms with Crippen LogP contribution in [0.15, 0.2) is 23.0 Å². The van der Waals surface area contributed by atoms with Crippen LogP contribution in [0, 0.1) is 10.1 Å². The molecule has 2 aromatic rings. The van der Waals surface area contributed by atoms with E-state index in [9.17, 15) is 14.9 Å². The molecule has 1 heterocycles. The van der Waals surface area contributed by atoms with Crippen molar-refractivity contribution in [1.82, 2.24) is 9.78 Å². The van der Waals surface area contributed by atoms with Gasteiger partial charge in [0.05, 0.1) is 15.8 Å². The summed E-state index contributed by atoms with van der Waals surface area (Å²) < 4.78 is 1.41. The van der Waals surface area contributed by atoms with Crippen molar-refractivity contribution in [2.45, 2.75) is 13.5 Å². The van der Waals surface area contributed by atoms with Gasteiger partial charge in [-0.1, -0.05) is 0 Å². The van der Waals surface area contributed by atoms with Gasteiger partial charge in [-0.25, -0.2) is 0 Å². The summed E-state index contributed by atoms with van der Waals surface area (Å²) in [4.78, 5) is 21.7. The van der Waals surface area contributed by atoms with Crippen molar-refractivity contribution in [1.29, 1.82) is 0 Å². The number of hydrogen-bond donors (Lipinski definition) is 1. The van der Waals surface area contributed by atoms with Gasteiger partial charge < -0.3 is 0 Å². The Kier molecular flexibility index (Phi) is 2.03. The lowest BCUT2D eigenvalue weighted by Gasteiger charge is -1.90. The van der Waals surface area contributed by atoms with Gasteiger partial charge in [0.1, 0.15) is 0 Å². The zero-order chi connectivity index (χ0) is 11.0. The molecule has 0 saturated carbocycles. The van der Waals surface area contributed by atoms with Crippen LogP contribution in [0.4, 0.5) is 5.69 Å². The van der Waals surface area contributed by atoms with Gasteiger partial charge in [-0.3, -0.25) is 24.7 Å². The van der Waals surface area contributed by atoms with E-state index < -0.39 is 4.92 Å². The van der Waals surface area contributed by atoms with E-state index in [0.29, 0.717) is 17.4 Å². The molecule has 1 N–H and O–H groups in total. The summed E-state index contributed by atoms with van der Waals surface area (Å²) in [5.74, 6) is 0. The van der Waals surface area contributed by atoms with Crippen molar-refractivity contribution in [3.8, 4) is 0 Å². The van der Waals surface area contributed by atoms with E-state index in [2.05, 4.69) is 5.10 Å². The highest BCUT2D eigenvalue weighted by Crippen LogP contribution is 2.16. The van der Waals surface area contributed by atoms with Crippen molar-refractivity contribution < 1.29 is 4.92 Å². The average molecular weight is 207 g/mol. The number of aromatic nitrogens is 2. The summed E-state index contributed by atoms with van der Waals surface area (Å²) in [5.41, 5.74) is 0.325. The van der Waals surface area contributed by atoms with Crippen molar-refractivity contribution in [3.05, 3.63) is 38.7 Å². The summed E-state index contributed by atoms with van der Waals surface area (Å²) in [5, 5.41) is 13.7. The lowest BCUT2D eigenvalue weighted by atomic mass is 10.2. The Balaban J connectivity index is 2.76. The Morgan fingerprint density at radius 1 is 1.53 bits per heavy atom. The maximum Gasteiger partial charge on any atom is 0.274 e. The molecule has 1 aromatic carbocycles. The second-order valence-corrected chi connectivity index (χ2v) is 3.15. The van der Waals surface area contributed by atoms with Crippen molar-refractivity contribution in [3.63, 3.8) is 0 Å². The van der Waals surface area contributed by atoms with E-state index in [4.69, 9.17) is 0 Å². The number of fused-ring (bicyclic) bond motifs is 1. The Morgan fingerprint density at radius 2 is 2.27 bits per heavy atom. The number of aryl methyl sites for hydroxylation is 1. The van der Waals surface area contributed by atoms with Crippen LogP contribution in [0.5, 0.6) is 0 Å². The Morgan fingerprint density at radius 3 is 2.87 bits per heavy atom. The largest absolute Gasteiger partial charge is 0.295 e. The molecule has 0 aliphatic carbocycles. The molecule has 0 aliphatic heterocycles. The molecule has 6 heteroatoms. The van der Waals surface area contributed by atoms with Crippen LogP contribution in [0.3, 0.4) is 0 Å². The Labute approximate surface area is 84.3 Å². The second kappa shape index (κ2) is 3.23. The van der Waals surface area contributed by atoms with Gasteiger partial charge in [0.2, 0.25) is 0 Å². The number of nitro groups is 1. The van der Waals surface area contributed by atoms with E-state index in [0.717, 1.165) is 0 Å². The third-order valence-corrected chi connectivity index (χ3v) is 2.26. The van der Waals surface area contributed by atoms with Gasteiger partial charge in [0.15, 0.2) is 0 Å². The summed E-state index contributed by atoms with van der Waals surface area (Å²) >= 11 is 0. The molecule has 0 aliphatic rings. The van der Waals surface area contributed by atoms with E-state index in [1.165, 1.54) is 16.8 Å². The van der Waals surface area contributed by atoms with E-state index in [1.807, 2.05) is 6.92 Å². The molecule has 15 heavy (non-hydrogen) atoms. The molecule has 2 rings (SSSR count). The van der Waals surface area contributed by atoms with Crippen molar-refractivity contribution in [2.75, 3.05) is 0 Å². The van der Waals surface area contributed by atoms with Crippen molar-refractivity contribution in [2.24, 2.45) is 0 Å². The third-order valence-electron chi connectivity index (χ3n) is 2.26. The van der Waals surface area contributed by atoms with Crippen LogP contribution in [-0.2, 0) is 6.54 Å². The zero-order valence-corrected chi connectivity index (χ0v) is 8.06. The summed E-state index contributed by atoms with van der Waals surface area (Å²) in [6.45, 7) is 2.34.